The van der Waals surface area contributed by atoms with Crippen LogP contribution in [0.3, 0.4) is 0 Å². The van der Waals surface area contributed by atoms with Gasteiger partial charge in [-0.2, -0.15) is 0 Å². The van der Waals surface area contributed by atoms with E-state index in [9.17, 15) is 18.8 Å². The zero-order valence-corrected chi connectivity index (χ0v) is 18.0. The molecule has 0 saturated carbocycles. The molecular formula is C23H20FN3O3S. The molecular weight excluding hydrogens is 417 g/mol. The summed E-state index contributed by atoms with van der Waals surface area (Å²) >= 11 is 1.22. The minimum Gasteiger partial charge on any atom is -0.324 e. The minimum atomic E-state index is -0.602. The average molecular weight is 437 g/mol. The number of aryl methyl sites for hydroxylation is 2. The fraction of sp³-hybridized carbons (Fsp3) is 0.174. The second kappa shape index (κ2) is 7.96. The quantitative estimate of drug-likeness (QED) is 0.526. The van der Waals surface area contributed by atoms with Gasteiger partial charge in [0.15, 0.2) is 0 Å². The summed E-state index contributed by atoms with van der Waals surface area (Å²) in [7, 11) is 0. The van der Waals surface area contributed by atoms with Crippen LogP contribution in [0.4, 0.5) is 10.1 Å². The number of halogens is 1. The van der Waals surface area contributed by atoms with Crippen molar-refractivity contribution in [1.82, 2.24) is 9.13 Å². The van der Waals surface area contributed by atoms with Crippen LogP contribution in [0.2, 0.25) is 0 Å². The molecule has 0 radical (unpaired) electrons. The van der Waals surface area contributed by atoms with Gasteiger partial charge >= 0.3 is 5.69 Å². The molecule has 2 aromatic heterocycles. The summed E-state index contributed by atoms with van der Waals surface area (Å²) in [5.41, 5.74) is 2.38. The van der Waals surface area contributed by atoms with E-state index in [0.29, 0.717) is 27.2 Å². The minimum absolute atomic E-state index is 0.297. The molecule has 0 aliphatic carbocycles. The van der Waals surface area contributed by atoms with Crippen molar-refractivity contribution in [2.75, 3.05) is 5.32 Å². The van der Waals surface area contributed by atoms with E-state index in [4.69, 9.17) is 0 Å². The topological polar surface area (TPSA) is 73.1 Å². The molecule has 0 fully saturated rings. The summed E-state index contributed by atoms with van der Waals surface area (Å²) in [5.74, 6) is -0.928. The molecule has 0 spiro atoms. The number of benzene rings is 2. The number of aromatic nitrogens is 2. The van der Waals surface area contributed by atoms with E-state index in [1.807, 2.05) is 19.9 Å². The SMILES string of the molecule is Cc1ccc(NC(=O)Cn2c(=O)n(-c3cccc(C)c3C)c(=O)c3sccc32)cc1F. The van der Waals surface area contributed by atoms with E-state index in [1.165, 1.54) is 22.0 Å². The first-order chi connectivity index (χ1) is 14.8. The number of nitrogens with one attached hydrogen (secondary N) is 1. The highest BCUT2D eigenvalue weighted by Crippen LogP contribution is 2.19. The van der Waals surface area contributed by atoms with Crippen molar-refractivity contribution in [2.24, 2.45) is 0 Å². The van der Waals surface area contributed by atoms with Crippen LogP contribution in [0.1, 0.15) is 16.7 Å². The molecule has 2 heterocycles. The van der Waals surface area contributed by atoms with Crippen LogP contribution in [-0.4, -0.2) is 15.0 Å². The van der Waals surface area contributed by atoms with E-state index in [2.05, 4.69) is 5.32 Å². The Morgan fingerprint density at radius 1 is 1.06 bits per heavy atom. The summed E-state index contributed by atoms with van der Waals surface area (Å²) in [5, 5.41) is 4.33. The number of fused-ring (bicyclic) bond motifs is 1. The van der Waals surface area contributed by atoms with Crippen LogP contribution < -0.4 is 16.6 Å². The molecule has 2 aromatic carbocycles. The number of carbonyl (C=O) groups is 1. The normalized spacial score (nSPS) is 11.1. The first-order valence-corrected chi connectivity index (χ1v) is 10.5. The Morgan fingerprint density at radius 3 is 2.58 bits per heavy atom. The zero-order valence-electron chi connectivity index (χ0n) is 17.2. The Bertz CT molecular complexity index is 1450. The van der Waals surface area contributed by atoms with Crippen molar-refractivity contribution >= 4 is 33.1 Å². The molecule has 8 heteroatoms. The highest BCUT2D eigenvalue weighted by Gasteiger charge is 2.19. The van der Waals surface area contributed by atoms with Crippen molar-refractivity contribution in [3.05, 3.63) is 91.2 Å². The molecule has 158 valence electrons. The Hall–Kier alpha value is -3.52. The van der Waals surface area contributed by atoms with Gasteiger partial charge in [-0.15, -0.1) is 11.3 Å². The molecule has 0 unspecified atom stereocenters. The van der Waals surface area contributed by atoms with Gasteiger partial charge in [-0.3, -0.25) is 14.2 Å². The van der Waals surface area contributed by atoms with Gasteiger partial charge in [0, 0.05) is 5.69 Å². The Labute approximate surface area is 181 Å². The molecule has 6 nitrogen and oxygen atoms in total. The number of nitrogens with zero attached hydrogens (tertiary/aromatic N) is 2. The molecule has 31 heavy (non-hydrogen) atoms. The van der Waals surface area contributed by atoms with Gasteiger partial charge in [-0.05, 0) is 67.1 Å². The molecule has 1 amide bonds. The maximum Gasteiger partial charge on any atom is 0.336 e. The van der Waals surface area contributed by atoms with Crippen LogP contribution >= 0.6 is 11.3 Å². The van der Waals surface area contributed by atoms with E-state index in [1.54, 1.807) is 42.6 Å². The summed E-state index contributed by atoms with van der Waals surface area (Å²) in [6.45, 7) is 5.06. The lowest BCUT2D eigenvalue weighted by Crippen LogP contribution is -2.40. The van der Waals surface area contributed by atoms with E-state index >= 15 is 0 Å². The molecule has 0 aliphatic heterocycles. The van der Waals surface area contributed by atoms with E-state index < -0.39 is 23.0 Å². The van der Waals surface area contributed by atoms with Crippen molar-refractivity contribution in [3.63, 3.8) is 0 Å². The second-order valence-electron chi connectivity index (χ2n) is 7.38. The summed E-state index contributed by atoms with van der Waals surface area (Å²) in [6.07, 6.45) is 0. The smallest absolute Gasteiger partial charge is 0.324 e. The van der Waals surface area contributed by atoms with Gasteiger partial charge in [-0.1, -0.05) is 18.2 Å². The van der Waals surface area contributed by atoms with Crippen LogP contribution in [-0.2, 0) is 11.3 Å². The Balaban J connectivity index is 1.81. The third-order valence-corrected chi connectivity index (χ3v) is 6.22. The number of hydrogen-bond acceptors (Lipinski definition) is 4. The lowest BCUT2D eigenvalue weighted by Gasteiger charge is -2.15. The average Bonchev–Trinajstić information content (AvgIpc) is 3.21. The second-order valence-corrected chi connectivity index (χ2v) is 8.29. The predicted molar refractivity (Wildman–Crippen MR) is 121 cm³/mol. The number of rotatable bonds is 4. The standard InChI is InChI=1S/C23H20FN3O3S/c1-13-5-4-6-18(15(13)3)27-22(29)21-19(9-10-31-21)26(23(27)30)12-20(28)25-16-8-7-14(2)17(24)11-16/h4-11H,12H2,1-3H3,(H,25,28). The van der Waals surface area contributed by atoms with Crippen LogP contribution in [0, 0.1) is 26.6 Å². The lowest BCUT2D eigenvalue weighted by atomic mass is 10.1. The van der Waals surface area contributed by atoms with Crippen molar-refractivity contribution in [2.45, 2.75) is 27.3 Å². The van der Waals surface area contributed by atoms with Crippen molar-refractivity contribution < 1.29 is 9.18 Å². The molecule has 4 rings (SSSR count). The predicted octanol–water partition coefficient (Wildman–Crippen LogP) is 3.92. The number of amides is 1. The fourth-order valence-corrected chi connectivity index (χ4v) is 4.27. The third-order valence-electron chi connectivity index (χ3n) is 5.33. The summed E-state index contributed by atoms with van der Waals surface area (Å²) in [6, 6.07) is 11.4. The zero-order chi connectivity index (χ0) is 22.3. The van der Waals surface area contributed by atoms with Crippen LogP contribution in [0.25, 0.3) is 15.9 Å². The number of anilines is 1. The van der Waals surface area contributed by atoms with Crippen molar-refractivity contribution in [1.29, 1.82) is 0 Å². The van der Waals surface area contributed by atoms with Gasteiger partial charge in [0.2, 0.25) is 5.91 Å². The van der Waals surface area contributed by atoms with Gasteiger partial charge in [-0.25, -0.2) is 13.8 Å². The summed E-state index contributed by atoms with van der Waals surface area (Å²) < 4.78 is 16.6. The molecule has 0 bridgehead atoms. The highest BCUT2D eigenvalue weighted by molar-refractivity contribution is 7.17. The van der Waals surface area contributed by atoms with Gasteiger partial charge in [0.1, 0.15) is 17.1 Å². The molecule has 0 atom stereocenters. The maximum atomic E-state index is 13.8. The largest absolute Gasteiger partial charge is 0.336 e. The number of thiophene rings is 1. The van der Waals surface area contributed by atoms with Crippen LogP contribution in [0.15, 0.2) is 57.4 Å². The third kappa shape index (κ3) is 3.70. The fourth-order valence-electron chi connectivity index (χ4n) is 3.45. The van der Waals surface area contributed by atoms with Gasteiger partial charge in [0.05, 0.1) is 11.2 Å². The monoisotopic (exact) mass is 437 g/mol. The lowest BCUT2D eigenvalue weighted by molar-refractivity contribution is -0.116. The van der Waals surface area contributed by atoms with E-state index in [0.717, 1.165) is 15.7 Å². The molecule has 0 aliphatic rings. The van der Waals surface area contributed by atoms with Crippen LogP contribution in [0.5, 0.6) is 0 Å². The molecule has 0 saturated heterocycles. The Morgan fingerprint density at radius 2 is 1.84 bits per heavy atom. The first-order valence-electron chi connectivity index (χ1n) is 9.63. The summed E-state index contributed by atoms with van der Waals surface area (Å²) in [4.78, 5) is 39.1. The Kier molecular flexibility index (Phi) is 5.32. The van der Waals surface area contributed by atoms with Crippen molar-refractivity contribution in [3.8, 4) is 5.69 Å². The number of hydrogen-bond donors (Lipinski definition) is 1. The highest BCUT2D eigenvalue weighted by atomic mass is 32.1. The maximum absolute atomic E-state index is 13.8. The molecule has 4 aromatic rings. The van der Waals surface area contributed by atoms with Gasteiger partial charge < -0.3 is 5.32 Å². The van der Waals surface area contributed by atoms with E-state index in [-0.39, 0.29) is 6.54 Å². The molecule has 1 N–H and O–H groups in total. The number of carbonyl (C=O) groups excluding carboxylic acids is 1. The first kappa shape index (κ1) is 20.7. The van der Waals surface area contributed by atoms with Gasteiger partial charge in [0.25, 0.3) is 5.56 Å².